The highest BCUT2D eigenvalue weighted by Gasteiger charge is 2.27. The van der Waals surface area contributed by atoms with E-state index >= 15 is 0 Å². The number of rotatable bonds is 3. The van der Waals surface area contributed by atoms with Gasteiger partial charge in [0.15, 0.2) is 0 Å². The molecule has 1 aromatic carbocycles. The second-order valence-electron chi connectivity index (χ2n) is 4.43. The Balaban J connectivity index is 2.25. The van der Waals surface area contributed by atoms with Gasteiger partial charge in [-0.2, -0.15) is 0 Å². The molecule has 1 heterocycles. The van der Waals surface area contributed by atoms with Crippen LogP contribution >= 0.6 is 0 Å². The Labute approximate surface area is 102 Å². The highest BCUT2D eigenvalue weighted by atomic mass is 16.5. The molecule has 4 nitrogen and oxygen atoms in total. The number of amides is 1. The van der Waals surface area contributed by atoms with Crippen LogP contribution in [0.2, 0.25) is 0 Å². The maximum Gasteiger partial charge on any atom is 0.257 e. The summed E-state index contributed by atoms with van der Waals surface area (Å²) in [6.45, 7) is 3.72. The Hall–Kier alpha value is -1.55. The first kappa shape index (κ1) is 11.9. The molecule has 4 heteroatoms. The smallest absolute Gasteiger partial charge is 0.257 e. The summed E-state index contributed by atoms with van der Waals surface area (Å²) >= 11 is 0. The Morgan fingerprint density at radius 2 is 2.18 bits per heavy atom. The fourth-order valence-corrected chi connectivity index (χ4v) is 1.89. The number of nitrogens with zero attached hydrogens (tertiary/aromatic N) is 1. The number of carbonyl (C=O) groups excluding carboxylic acids is 1. The van der Waals surface area contributed by atoms with Crippen molar-refractivity contribution in [3.63, 3.8) is 0 Å². The first-order valence-electron chi connectivity index (χ1n) is 5.76. The van der Waals surface area contributed by atoms with Crippen molar-refractivity contribution in [2.75, 3.05) is 27.2 Å². The Morgan fingerprint density at radius 1 is 1.47 bits per heavy atom. The van der Waals surface area contributed by atoms with E-state index in [-0.39, 0.29) is 5.91 Å². The molecule has 1 saturated heterocycles. The van der Waals surface area contributed by atoms with Crippen LogP contribution in [0.4, 0.5) is 0 Å². The minimum atomic E-state index is 0.0250. The van der Waals surface area contributed by atoms with Crippen molar-refractivity contribution in [2.45, 2.75) is 13.0 Å². The molecule has 0 aromatic heterocycles. The number of hydrogen-bond donors (Lipinski definition) is 1. The number of nitrogens with one attached hydrogen (secondary N) is 1. The van der Waals surface area contributed by atoms with Gasteiger partial charge in [-0.15, -0.1) is 0 Å². The number of aryl methyl sites for hydroxylation is 1. The van der Waals surface area contributed by atoms with E-state index in [2.05, 4.69) is 5.32 Å². The summed E-state index contributed by atoms with van der Waals surface area (Å²) in [7, 11) is 3.43. The summed E-state index contributed by atoms with van der Waals surface area (Å²) in [5, 5.41) is 3.16. The molecule has 0 bridgehead atoms. The molecular weight excluding hydrogens is 216 g/mol. The van der Waals surface area contributed by atoms with E-state index in [1.165, 1.54) is 0 Å². The average molecular weight is 234 g/mol. The molecule has 1 aliphatic rings. The number of ether oxygens (including phenoxy) is 1. The van der Waals surface area contributed by atoms with E-state index in [0.717, 1.165) is 18.7 Å². The lowest BCUT2D eigenvalue weighted by Gasteiger charge is -2.35. The van der Waals surface area contributed by atoms with Gasteiger partial charge in [0.05, 0.1) is 18.7 Å². The largest absolute Gasteiger partial charge is 0.496 e. The van der Waals surface area contributed by atoms with E-state index < -0.39 is 0 Å². The maximum absolute atomic E-state index is 12.3. The number of hydrogen-bond acceptors (Lipinski definition) is 3. The van der Waals surface area contributed by atoms with Crippen molar-refractivity contribution < 1.29 is 9.53 Å². The lowest BCUT2D eigenvalue weighted by molar-refractivity contribution is 0.0677. The fraction of sp³-hybridized carbons (Fsp3) is 0.462. The Kier molecular flexibility index (Phi) is 3.33. The number of carbonyl (C=O) groups is 1. The van der Waals surface area contributed by atoms with Gasteiger partial charge in [0.1, 0.15) is 5.75 Å². The van der Waals surface area contributed by atoms with Crippen molar-refractivity contribution in [2.24, 2.45) is 0 Å². The summed E-state index contributed by atoms with van der Waals surface area (Å²) in [5.74, 6) is 0.664. The zero-order valence-electron chi connectivity index (χ0n) is 10.5. The van der Waals surface area contributed by atoms with Crippen molar-refractivity contribution >= 4 is 5.91 Å². The Morgan fingerprint density at radius 3 is 2.71 bits per heavy atom. The van der Waals surface area contributed by atoms with E-state index in [0.29, 0.717) is 17.4 Å². The van der Waals surface area contributed by atoms with Crippen LogP contribution in [0.1, 0.15) is 15.9 Å². The summed E-state index contributed by atoms with van der Waals surface area (Å²) in [4.78, 5) is 14.1. The van der Waals surface area contributed by atoms with Crippen LogP contribution in [0.15, 0.2) is 18.2 Å². The van der Waals surface area contributed by atoms with Gasteiger partial charge in [-0.3, -0.25) is 4.79 Å². The predicted molar refractivity (Wildman–Crippen MR) is 66.5 cm³/mol. The monoisotopic (exact) mass is 234 g/mol. The van der Waals surface area contributed by atoms with Crippen LogP contribution in [0.25, 0.3) is 0 Å². The maximum atomic E-state index is 12.3. The van der Waals surface area contributed by atoms with Crippen LogP contribution in [0.3, 0.4) is 0 Å². The summed E-state index contributed by atoms with van der Waals surface area (Å²) in [6, 6.07) is 5.97. The highest BCUT2D eigenvalue weighted by molar-refractivity contribution is 5.97. The van der Waals surface area contributed by atoms with Crippen molar-refractivity contribution in [1.82, 2.24) is 10.2 Å². The van der Waals surface area contributed by atoms with E-state index in [9.17, 15) is 4.79 Å². The summed E-state index contributed by atoms with van der Waals surface area (Å²) in [6.07, 6.45) is 0. The quantitative estimate of drug-likeness (QED) is 0.850. The van der Waals surface area contributed by atoms with Gasteiger partial charge in [-0.05, 0) is 19.1 Å². The molecule has 0 unspecified atom stereocenters. The number of methoxy groups -OCH3 is 1. The topological polar surface area (TPSA) is 41.6 Å². The molecule has 1 N–H and O–H groups in total. The van der Waals surface area contributed by atoms with Crippen LogP contribution < -0.4 is 10.1 Å². The second-order valence-corrected chi connectivity index (χ2v) is 4.43. The lowest BCUT2D eigenvalue weighted by Crippen LogP contribution is -2.57. The van der Waals surface area contributed by atoms with E-state index in [4.69, 9.17) is 4.74 Å². The molecule has 17 heavy (non-hydrogen) atoms. The standard InChI is InChI=1S/C13H18N2O2/c1-9-4-5-12(17-3)11(6-9)13(16)15(2)10-7-14-8-10/h4-6,10,14H,7-8H2,1-3H3. The lowest BCUT2D eigenvalue weighted by atomic mass is 10.1. The molecular formula is C13H18N2O2. The van der Waals surface area contributed by atoms with Crippen LogP contribution in [-0.2, 0) is 0 Å². The first-order chi connectivity index (χ1) is 8.13. The summed E-state index contributed by atoms with van der Waals surface area (Å²) < 4.78 is 5.24. The molecule has 1 fully saturated rings. The van der Waals surface area contributed by atoms with Gasteiger partial charge in [0, 0.05) is 20.1 Å². The minimum absolute atomic E-state index is 0.0250. The van der Waals surface area contributed by atoms with Crippen molar-refractivity contribution in [3.05, 3.63) is 29.3 Å². The zero-order valence-corrected chi connectivity index (χ0v) is 10.5. The third-order valence-electron chi connectivity index (χ3n) is 3.21. The minimum Gasteiger partial charge on any atom is -0.496 e. The fourth-order valence-electron chi connectivity index (χ4n) is 1.89. The molecule has 0 atom stereocenters. The molecule has 0 aliphatic carbocycles. The van der Waals surface area contributed by atoms with Gasteiger partial charge in [0.25, 0.3) is 5.91 Å². The van der Waals surface area contributed by atoms with Crippen LogP contribution in [0.5, 0.6) is 5.75 Å². The van der Waals surface area contributed by atoms with Gasteiger partial charge < -0.3 is 15.0 Å². The van der Waals surface area contributed by atoms with Crippen LogP contribution in [-0.4, -0.2) is 44.1 Å². The molecule has 0 radical (unpaired) electrons. The third-order valence-corrected chi connectivity index (χ3v) is 3.21. The molecule has 92 valence electrons. The molecule has 2 rings (SSSR count). The predicted octanol–water partition coefficient (Wildman–Crippen LogP) is 1.05. The van der Waals surface area contributed by atoms with Crippen molar-refractivity contribution in [3.8, 4) is 5.75 Å². The van der Waals surface area contributed by atoms with Gasteiger partial charge >= 0.3 is 0 Å². The summed E-state index contributed by atoms with van der Waals surface area (Å²) in [5.41, 5.74) is 1.70. The average Bonchev–Trinajstić information content (AvgIpc) is 2.25. The first-order valence-corrected chi connectivity index (χ1v) is 5.76. The van der Waals surface area contributed by atoms with E-state index in [1.54, 1.807) is 12.0 Å². The van der Waals surface area contributed by atoms with Gasteiger partial charge in [-0.1, -0.05) is 11.6 Å². The molecule has 1 amide bonds. The molecule has 0 saturated carbocycles. The zero-order chi connectivity index (χ0) is 12.4. The third kappa shape index (κ3) is 2.26. The SMILES string of the molecule is COc1ccc(C)cc1C(=O)N(C)C1CNC1. The molecule has 1 aromatic rings. The molecule has 0 spiro atoms. The van der Waals surface area contributed by atoms with E-state index in [1.807, 2.05) is 32.2 Å². The number of likely N-dealkylation sites (N-methyl/N-ethyl adjacent to an activating group) is 1. The Bertz CT molecular complexity index is 427. The second kappa shape index (κ2) is 4.75. The van der Waals surface area contributed by atoms with Crippen molar-refractivity contribution in [1.29, 1.82) is 0 Å². The van der Waals surface area contributed by atoms with Gasteiger partial charge in [0.2, 0.25) is 0 Å². The number of benzene rings is 1. The normalized spacial score (nSPS) is 15.2. The van der Waals surface area contributed by atoms with Gasteiger partial charge in [-0.25, -0.2) is 0 Å². The van der Waals surface area contributed by atoms with Crippen LogP contribution in [0, 0.1) is 6.92 Å². The molecule has 1 aliphatic heterocycles. The highest BCUT2D eigenvalue weighted by Crippen LogP contribution is 2.22.